The molecule has 0 aliphatic heterocycles. The lowest BCUT2D eigenvalue weighted by atomic mass is 10.2. The number of thiophene rings is 1. The first-order chi connectivity index (χ1) is 9.54. The van der Waals surface area contributed by atoms with Crippen molar-refractivity contribution in [2.45, 2.75) is 25.8 Å². The van der Waals surface area contributed by atoms with Gasteiger partial charge in [-0.25, -0.2) is 0 Å². The van der Waals surface area contributed by atoms with Crippen LogP contribution >= 0.6 is 22.9 Å². The number of fused-ring (bicyclic) bond motifs is 1. The fourth-order valence-corrected chi connectivity index (χ4v) is 3.44. The highest BCUT2D eigenvalue weighted by molar-refractivity contribution is 7.21. The Labute approximate surface area is 126 Å². The van der Waals surface area contributed by atoms with E-state index < -0.39 is 0 Å². The molecule has 0 aliphatic carbocycles. The Morgan fingerprint density at radius 3 is 2.95 bits per heavy atom. The number of aliphatic hydroxyl groups excluding tert-OH is 1. The third kappa shape index (κ3) is 3.06. The van der Waals surface area contributed by atoms with Crippen molar-refractivity contribution in [3.63, 3.8) is 0 Å². The highest BCUT2D eigenvalue weighted by Crippen LogP contribution is 2.37. The molecule has 1 aromatic heterocycles. The molecule has 1 atom stereocenters. The SMILES string of the molecule is CC(CCCO)NC(=O)c1sc2cccc(Cl)c2c1N. The molecule has 4 nitrogen and oxygen atoms in total. The molecule has 1 heterocycles. The number of nitrogen functional groups attached to an aromatic ring is 1. The number of carbonyl (C=O) groups is 1. The van der Waals surface area contributed by atoms with Gasteiger partial charge in [-0.05, 0) is 31.9 Å². The van der Waals surface area contributed by atoms with Crippen LogP contribution in [0.25, 0.3) is 10.1 Å². The third-order valence-corrected chi connectivity index (χ3v) is 4.56. The van der Waals surface area contributed by atoms with E-state index >= 15 is 0 Å². The zero-order chi connectivity index (χ0) is 14.7. The van der Waals surface area contributed by atoms with Crippen molar-refractivity contribution in [2.24, 2.45) is 0 Å². The molecule has 20 heavy (non-hydrogen) atoms. The monoisotopic (exact) mass is 312 g/mol. The Bertz CT molecular complexity index is 627. The van der Waals surface area contributed by atoms with E-state index in [1.165, 1.54) is 11.3 Å². The van der Waals surface area contributed by atoms with Gasteiger partial charge in [-0.3, -0.25) is 4.79 Å². The number of anilines is 1. The van der Waals surface area contributed by atoms with Gasteiger partial charge in [0.1, 0.15) is 4.88 Å². The average Bonchev–Trinajstić information content (AvgIpc) is 2.75. The van der Waals surface area contributed by atoms with Gasteiger partial charge in [0.2, 0.25) is 0 Å². The van der Waals surface area contributed by atoms with Crippen molar-refractivity contribution in [1.82, 2.24) is 5.32 Å². The molecule has 0 spiro atoms. The molecular weight excluding hydrogens is 296 g/mol. The van der Waals surface area contributed by atoms with Crippen molar-refractivity contribution >= 4 is 44.6 Å². The second-order valence-electron chi connectivity index (χ2n) is 4.70. The van der Waals surface area contributed by atoms with E-state index in [1.54, 1.807) is 6.07 Å². The normalized spacial score (nSPS) is 12.6. The first-order valence-corrected chi connectivity index (χ1v) is 7.62. The van der Waals surface area contributed by atoms with E-state index in [4.69, 9.17) is 22.4 Å². The first kappa shape index (κ1) is 15.1. The molecule has 0 fully saturated rings. The number of carbonyl (C=O) groups excluding carboxylic acids is 1. The van der Waals surface area contributed by atoms with Crippen molar-refractivity contribution < 1.29 is 9.90 Å². The Hall–Kier alpha value is -1.30. The van der Waals surface area contributed by atoms with Crippen LogP contribution in [-0.4, -0.2) is 23.7 Å². The molecule has 0 aliphatic rings. The van der Waals surface area contributed by atoms with E-state index in [2.05, 4.69) is 5.32 Å². The minimum absolute atomic E-state index is 0.00488. The van der Waals surface area contributed by atoms with Crippen LogP contribution in [0.5, 0.6) is 0 Å². The number of nitrogens with one attached hydrogen (secondary N) is 1. The van der Waals surface area contributed by atoms with Crippen LogP contribution in [0.15, 0.2) is 18.2 Å². The van der Waals surface area contributed by atoms with Crippen LogP contribution in [0.2, 0.25) is 5.02 Å². The Morgan fingerprint density at radius 2 is 2.30 bits per heavy atom. The lowest BCUT2D eigenvalue weighted by Crippen LogP contribution is -2.32. The summed E-state index contributed by atoms with van der Waals surface area (Å²) in [6, 6.07) is 5.49. The molecular formula is C14H17ClN2O2S. The van der Waals surface area contributed by atoms with Gasteiger partial charge in [0, 0.05) is 22.7 Å². The van der Waals surface area contributed by atoms with Crippen molar-refractivity contribution in [2.75, 3.05) is 12.3 Å². The zero-order valence-electron chi connectivity index (χ0n) is 11.1. The number of hydrogen-bond acceptors (Lipinski definition) is 4. The van der Waals surface area contributed by atoms with Gasteiger partial charge in [0.25, 0.3) is 5.91 Å². The summed E-state index contributed by atoms with van der Waals surface area (Å²) >= 11 is 7.46. The molecule has 1 unspecified atom stereocenters. The number of hydrogen-bond donors (Lipinski definition) is 3. The van der Waals surface area contributed by atoms with Gasteiger partial charge in [0.15, 0.2) is 0 Å². The summed E-state index contributed by atoms with van der Waals surface area (Å²) in [7, 11) is 0. The fraction of sp³-hybridized carbons (Fsp3) is 0.357. The smallest absolute Gasteiger partial charge is 0.263 e. The number of halogens is 1. The molecule has 0 saturated carbocycles. The van der Waals surface area contributed by atoms with Crippen LogP contribution < -0.4 is 11.1 Å². The second kappa shape index (κ2) is 6.43. The summed E-state index contributed by atoms with van der Waals surface area (Å²) in [4.78, 5) is 12.7. The van der Waals surface area contributed by atoms with Crippen LogP contribution in [0.1, 0.15) is 29.4 Å². The Morgan fingerprint density at radius 1 is 1.55 bits per heavy atom. The van der Waals surface area contributed by atoms with E-state index in [1.807, 2.05) is 19.1 Å². The standard InChI is InChI=1S/C14H17ClN2O2S/c1-8(4-3-7-18)17-14(19)13-12(16)11-9(15)5-2-6-10(11)20-13/h2,5-6,8,18H,3-4,7,16H2,1H3,(H,17,19). The van der Waals surface area contributed by atoms with Gasteiger partial charge in [-0.2, -0.15) is 0 Å². The van der Waals surface area contributed by atoms with Gasteiger partial charge in [0.05, 0.1) is 10.7 Å². The maximum absolute atomic E-state index is 12.2. The molecule has 2 aromatic rings. The first-order valence-electron chi connectivity index (χ1n) is 6.42. The molecule has 1 amide bonds. The lowest BCUT2D eigenvalue weighted by Gasteiger charge is -2.12. The highest BCUT2D eigenvalue weighted by Gasteiger charge is 2.19. The van der Waals surface area contributed by atoms with E-state index in [0.29, 0.717) is 22.0 Å². The van der Waals surface area contributed by atoms with E-state index in [0.717, 1.165) is 16.5 Å². The summed E-state index contributed by atoms with van der Waals surface area (Å²) in [5.74, 6) is -0.190. The lowest BCUT2D eigenvalue weighted by molar-refractivity contribution is 0.0941. The second-order valence-corrected chi connectivity index (χ2v) is 6.16. The topological polar surface area (TPSA) is 75.3 Å². The minimum Gasteiger partial charge on any atom is -0.397 e. The Kier molecular flexibility index (Phi) is 4.86. The number of amides is 1. The molecule has 0 bridgehead atoms. The predicted octanol–water partition coefficient (Wildman–Crippen LogP) is 3.03. The molecule has 108 valence electrons. The van der Waals surface area contributed by atoms with Gasteiger partial charge in [-0.1, -0.05) is 17.7 Å². The van der Waals surface area contributed by atoms with Gasteiger partial charge < -0.3 is 16.2 Å². The molecule has 4 N–H and O–H groups in total. The van der Waals surface area contributed by atoms with Crippen molar-refractivity contribution in [3.05, 3.63) is 28.1 Å². The van der Waals surface area contributed by atoms with E-state index in [-0.39, 0.29) is 18.6 Å². The van der Waals surface area contributed by atoms with E-state index in [9.17, 15) is 4.79 Å². The summed E-state index contributed by atoms with van der Waals surface area (Å²) in [5.41, 5.74) is 6.47. The van der Waals surface area contributed by atoms with Crippen LogP contribution in [0.3, 0.4) is 0 Å². The molecule has 6 heteroatoms. The number of benzene rings is 1. The molecule has 1 aromatic carbocycles. The molecule has 0 saturated heterocycles. The maximum Gasteiger partial charge on any atom is 0.263 e. The van der Waals surface area contributed by atoms with Crippen molar-refractivity contribution in [3.8, 4) is 0 Å². The van der Waals surface area contributed by atoms with Crippen LogP contribution in [-0.2, 0) is 0 Å². The molecule has 0 radical (unpaired) electrons. The quantitative estimate of drug-likeness (QED) is 0.794. The average molecular weight is 313 g/mol. The number of nitrogens with two attached hydrogens (primary N) is 1. The van der Waals surface area contributed by atoms with Gasteiger partial charge >= 0.3 is 0 Å². The number of rotatable bonds is 5. The third-order valence-electron chi connectivity index (χ3n) is 3.08. The number of aliphatic hydroxyl groups is 1. The van der Waals surface area contributed by atoms with Crippen LogP contribution in [0.4, 0.5) is 5.69 Å². The summed E-state index contributed by atoms with van der Waals surface area (Å²) < 4.78 is 0.906. The van der Waals surface area contributed by atoms with Gasteiger partial charge in [-0.15, -0.1) is 11.3 Å². The summed E-state index contributed by atoms with van der Waals surface area (Å²) in [6.07, 6.45) is 1.39. The summed E-state index contributed by atoms with van der Waals surface area (Å²) in [6.45, 7) is 2.03. The largest absolute Gasteiger partial charge is 0.397 e. The van der Waals surface area contributed by atoms with Crippen LogP contribution in [0, 0.1) is 0 Å². The zero-order valence-corrected chi connectivity index (χ0v) is 12.7. The molecule has 2 rings (SSSR count). The van der Waals surface area contributed by atoms with Crippen molar-refractivity contribution in [1.29, 1.82) is 0 Å². The summed E-state index contributed by atoms with van der Waals surface area (Å²) in [5, 5.41) is 13.0. The fourth-order valence-electron chi connectivity index (χ4n) is 2.06. The maximum atomic E-state index is 12.2. The highest BCUT2D eigenvalue weighted by atomic mass is 35.5. The Balaban J connectivity index is 2.22. The predicted molar refractivity (Wildman–Crippen MR) is 84.5 cm³/mol. The minimum atomic E-state index is -0.190.